The van der Waals surface area contributed by atoms with Crippen LogP contribution in [0.3, 0.4) is 0 Å². The Morgan fingerprint density at radius 2 is 1.85 bits per heavy atom. The Bertz CT molecular complexity index is 1250. The largest absolute Gasteiger partial charge is 0.339 e. The van der Waals surface area contributed by atoms with Crippen molar-refractivity contribution in [2.24, 2.45) is 0 Å². The quantitative estimate of drug-likeness (QED) is 0.388. The Hall–Kier alpha value is -3.88. The second-order valence-corrected chi connectivity index (χ2v) is 8.03. The maximum atomic E-state index is 13.1. The van der Waals surface area contributed by atoms with E-state index in [9.17, 15) is 9.18 Å². The number of benzene rings is 2. The highest BCUT2D eigenvalue weighted by Crippen LogP contribution is 2.30. The monoisotopic (exact) mass is 449 g/mol. The van der Waals surface area contributed by atoms with Crippen LogP contribution >= 0.6 is 0 Å². The third-order valence-electron chi connectivity index (χ3n) is 5.09. The molecule has 2 heterocycles. The van der Waals surface area contributed by atoms with Gasteiger partial charge in [0.05, 0.1) is 11.3 Å². The van der Waals surface area contributed by atoms with E-state index in [0.29, 0.717) is 53.1 Å². The summed E-state index contributed by atoms with van der Waals surface area (Å²) in [7, 11) is 0. The number of carbonyl (C=O) groups is 1. The van der Waals surface area contributed by atoms with Crippen molar-refractivity contribution in [3.8, 4) is 22.8 Å². The maximum Gasteiger partial charge on any atom is 0.260 e. The fourth-order valence-electron chi connectivity index (χ4n) is 3.27. The smallest absolute Gasteiger partial charge is 0.260 e. The Kier molecular flexibility index (Phi) is 6.58. The molecule has 4 aromatic rings. The molecule has 0 unspecified atom stereocenters. The number of anilines is 1. The number of hydrogen-bond donors (Lipinski definition) is 1. The zero-order valence-electron chi connectivity index (χ0n) is 18.6. The molecule has 0 radical (unpaired) electrons. The summed E-state index contributed by atoms with van der Waals surface area (Å²) in [6, 6.07) is 11.5. The lowest BCUT2D eigenvalue weighted by Gasteiger charge is -2.11. The minimum Gasteiger partial charge on any atom is -0.339 e. The summed E-state index contributed by atoms with van der Waals surface area (Å²) in [5.74, 6) is 1.46. The number of para-hydroxylation sites is 1. The number of nitrogens with one attached hydrogen (secondary N) is 1. The number of aryl methyl sites for hydroxylation is 2. The van der Waals surface area contributed by atoms with E-state index in [-0.39, 0.29) is 24.1 Å². The molecule has 1 amide bonds. The van der Waals surface area contributed by atoms with Gasteiger partial charge in [-0.2, -0.15) is 9.97 Å². The highest BCUT2D eigenvalue weighted by molar-refractivity contribution is 5.95. The molecule has 1 N–H and O–H groups in total. The molecular weight excluding hydrogens is 425 g/mol. The van der Waals surface area contributed by atoms with E-state index in [2.05, 4.69) is 25.6 Å². The van der Waals surface area contributed by atoms with Gasteiger partial charge in [0.1, 0.15) is 5.82 Å². The van der Waals surface area contributed by atoms with Crippen LogP contribution < -0.4 is 5.32 Å². The summed E-state index contributed by atoms with van der Waals surface area (Å²) >= 11 is 0. The molecule has 2 aromatic carbocycles. The number of aromatic nitrogens is 4. The van der Waals surface area contributed by atoms with Gasteiger partial charge in [-0.25, -0.2) is 4.39 Å². The SMILES string of the molecule is Cc1cccc(-c2nc(C(C)C)no2)c1NC(=O)CCCc1nc(-c2ccc(F)cc2)no1. The van der Waals surface area contributed by atoms with Gasteiger partial charge >= 0.3 is 0 Å². The van der Waals surface area contributed by atoms with Crippen LogP contribution in [0.15, 0.2) is 51.5 Å². The van der Waals surface area contributed by atoms with Gasteiger partial charge in [-0.3, -0.25) is 4.79 Å². The topological polar surface area (TPSA) is 107 Å². The predicted molar refractivity (Wildman–Crippen MR) is 120 cm³/mol. The molecule has 4 rings (SSSR count). The number of amides is 1. The van der Waals surface area contributed by atoms with Crippen molar-refractivity contribution < 1.29 is 18.2 Å². The van der Waals surface area contributed by atoms with Gasteiger partial charge in [0.25, 0.3) is 5.89 Å². The lowest BCUT2D eigenvalue weighted by molar-refractivity contribution is -0.116. The number of hydrogen-bond acceptors (Lipinski definition) is 7. The highest BCUT2D eigenvalue weighted by Gasteiger charge is 2.18. The van der Waals surface area contributed by atoms with E-state index in [1.54, 1.807) is 12.1 Å². The number of halogens is 1. The molecular formula is C24H24FN5O3. The fraction of sp³-hybridized carbons (Fsp3) is 0.292. The van der Waals surface area contributed by atoms with Gasteiger partial charge in [-0.1, -0.05) is 36.3 Å². The molecule has 0 atom stereocenters. The molecule has 0 spiro atoms. The van der Waals surface area contributed by atoms with Crippen LogP contribution in [-0.2, 0) is 11.2 Å². The molecule has 33 heavy (non-hydrogen) atoms. The van der Waals surface area contributed by atoms with Crippen molar-refractivity contribution >= 4 is 11.6 Å². The van der Waals surface area contributed by atoms with E-state index < -0.39 is 0 Å². The fourth-order valence-corrected chi connectivity index (χ4v) is 3.27. The first-order valence-electron chi connectivity index (χ1n) is 10.7. The van der Waals surface area contributed by atoms with Gasteiger partial charge in [-0.15, -0.1) is 0 Å². The first-order chi connectivity index (χ1) is 15.9. The molecule has 0 bridgehead atoms. The highest BCUT2D eigenvalue weighted by atomic mass is 19.1. The minimum atomic E-state index is -0.329. The first-order valence-corrected chi connectivity index (χ1v) is 10.7. The molecule has 0 saturated carbocycles. The zero-order chi connectivity index (χ0) is 23.4. The third-order valence-corrected chi connectivity index (χ3v) is 5.09. The van der Waals surface area contributed by atoms with Crippen molar-refractivity contribution in [3.05, 3.63) is 65.6 Å². The molecule has 0 aliphatic carbocycles. The lowest BCUT2D eigenvalue weighted by Crippen LogP contribution is -2.13. The van der Waals surface area contributed by atoms with Crippen molar-refractivity contribution in [1.29, 1.82) is 0 Å². The van der Waals surface area contributed by atoms with Crippen LogP contribution in [-0.4, -0.2) is 26.2 Å². The molecule has 0 aliphatic rings. The standard InChI is InChI=1S/C24H24FN5O3/c1-14(2)22-28-24(33-29-22)18-7-4-6-15(3)21(18)26-19(31)8-5-9-20-27-23(30-32-20)16-10-12-17(25)13-11-16/h4,6-7,10-14H,5,8-9H2,1-3H3,(H,26,31). The molecule has 8 nitrogen and oxygen atoms in total. The predicted octanol–water partition coefficient (Wildman–Crippen LogP) is 5.32. The minimum absolute atomic E-state index is 0.138. The molecule has 0 aliphatic heterocycles. The van der Waals surface area contributed by atoms with Gasteiger partial charge in [0.2, 0.25) is 17.6 Å². The maximum absolute atomic E-state index is 13.1. The van der Waals surface area contributed by atoms with Crippen LogP contribution in [0.25, 0.3) is 22.8 Å². The summed E-state index contributed by atoms with van der Waals surface area (Å²) in [6.45, 7) is 5.88. The van der Waals surface area contributed by atoms with E-state index in [0.717, 1.165) is 5.56 Å². The third kappa shape index (κ3) is 5.31. The van der Waals surface area contributed by atoms with Crippen molar-refractivity contribution in [2.75, 3.05) is 5.32 Å². The number of nitrogens with zero attached hydrogens (tertiary/aromatic N) is 4. The summed E-state index contributed by atoms with van der Waals surface area (Å²) in [4.78, 5) is 21.4. The van der Waals surface area contributed by atoms with E-state index in [1.807, 2.05) is 39.0 Å². The van der Waals surface area contributed by atoms with Crippen LogP contribution in [0.1, 0.15) is 49.9 Å². The summed E-state index contributed by atoms with van der Waals surface area (Å²) < 4.78 is 23.7. The van der Waals surface area contributed by atoms with Gasteiger partial charge in [-0.05, 0) is 49.2 Å². The van der Waals surface area contributed by atoms with Crippen molar-refractivity contribution in [2.45, 2.75) is 46.0 Å². The first kappa shape index (κ1) is 22.3. The van der Waals surface area contributed by atoms with E-state index in [1.165, 1.54) is 12.1 Å². The Morgan fingerprint density at radius 3 is 2.58 bits per heavy atom. The Morgan fingerprint density at radius 1 is 1.06 bits per heavy atom. The average Bonchev–Trinajstić information content (AvgIpc) is 3.46. The zero-order valence-corrected chi connectivity index (χ0v) is 18.6. The van der Waals surface area contributed by atoms with Gasteiger partial charge in [0, 0.05) is 24.3 Å². The van der Waals surface area contributed by atoms with Crippen LogP contribution in [0, 0.1) is 12.7 Å². The molecule has 2 aromatic heterocycles. The normalized spacial score (nSPS) is 11.2. The van der Waals surface area contributed by atoms with Crippen molar-refractivity contribution in [3.63, 3.8) is 0 Å². The second-order valence-electron chi connectivity index (χ2n) is 8.03. The lowest BCUT2D eigenvalue weighted by atomic mass is 10.1. The van der Waals surface area contributed by atoms with Gasteiger partial charge < -0.3 is 14.4 Å². The van der Waals surface area contributed by atoms with E-state index in [4.69, 9.17) is 9.05 Å². The molecule has 170 valence electrons. The summed E-state index contributed by atoms with van der Waals surface area (Å²) in [5, 5.41) is 10.9. The average molecular weight is 449 g/mol. The number of rotatable bonds is 8. The molecule has 0 fully saturated rings. The van der Waals surface area contributed by atoms with Gasteiger partial charge in [0.15, 0.2) is 5.82 Å². The Balaban J connectivity index is 1.37. The second kappa shape index (κ2) is 9.72. The summed E-state index contributed by atoms with van der Waals surface area (Å²) in [6.07, 6.45) is 1.24. The van der Waals surface area contributed by atoms with Crippen molar-refractivity contribution in [1.82, 2.24) is 20.3 Å². The van der Waals surface area contributed by atoms with Crippen LogP contribution in [0.5, 0.6) is 0 Å². The summed E-state index contributed by atoms with van der Waals surface area (Å²) in [5.41, 5.74) is 2.89. The van der Waals surface area contributed by atoms with Crippen LogP contribution in [0.2, 0.25) is 0 Å². The van der Waals surface area contributed by atoms with Crippen LogP contribution in [0.4, 0.5) is 10.1 Å². The molecule has 0 saturated heterocycles. The Labute approximate surface area is 190 Å². The number of carbonyl (C=O) groups excluding carboxylic acids is 1. The molecule has 9 heteroatoms. The van der Waals surface area contributed by atoms with E-state index >= 15 is 0 Å².